The number of benzene rings is 1. The topological polar surface area (TPSA) is 59.2 Å². The maximum absolute atomic E-state index is 12.5. The van der Waals surface area contributed by atoms with Crippen LogP contribution in [0.1, 0.15) is 36.5 Å². The molecule has 1 aliphatic heterocycles. The fourth-order valence-corrected chi connectivity index (χ4v) is 3.41. The first-order chi connectivity index (χ1) is 9.15. The Morgan fingerprint density at radius 1 is 1.47 bits per heavy atom. The fraction of sp³-hybridized carbons (Fsp3) is 0.429. The number of nitrogens with zero attached hydrogens (tertiary/aromatic N) is 2. The van der Waals surface area contributed by atoms with Gasteiger partial charge in [0.2, 0.25) is 0 Å². The molecule has 1 amide bonds. The van der Waals surface area contributed by atoms with Crippen molar-refractivity contribution < 1.29 is 4.79 Å². The van der Waals surface area contributed by atoms with Crippen LogP contribution < -0.4 is 5.73 Å². The number of aromatic nitrogens is 1. The first kappa shape index (κ1) is 12.4. The van der Waals surface area contributed by atoms with Crippen molar-refractivity contribution in [3.8, 4) is 0 Å². The van der Waals surface area contributed by atoms with E-state index in [9.17, 15) is 4.79 Å². The third kappa shape index (κ3) is 2.30. The van der Waals surface area contributed by atoms with Crippen LogP contribution in [-0.4, -0.2) is 28.4 Å². The van der Waals surface area contributed by atoms with Crippen LogP contribution in [0.25, 0.3) is 10.2 Å². The fourth-order valence-electron chi connectivity index (χ4n) is 2.64. The summed E-state index contributed by atoms with van der Waals surface area (Å²) in [7, 11) is 0. The second-order valence-electron chi connectivity index (χ2n) is 5.08. The summed E-state index contributed by atoms with van der Waals surface area (Å²) < 4.78 is 0.980. The molecule has 2 heterocycles. The molecule has 1 fully saturated rings. The molecule has 1 aromatic heterocycles. The van der Waals surface area contributed by atoms with Crippen LogP contribution in [-0.2, 0) is 0 Å². The van der Waals surface area contributed by atoms with Gasteiger partial charge < -0.3 is 10.6 Å². The molecule has 2 N–H and O–H groups in total. The zero-order chi connectivity index (χ0) is 13.4. The molecule has 2 aromatic rings. The summed E-state index contributed by atoms with van der Waals surface area (Å²) >= 11 is 1.43. The first-order valence-electron chi connectivity index (χ1n) is 6.62. The Morgan fingerprint density at radius 3 is 3.11 bits per heavy atom. The summed E-state index contributed by atoms with van der Waals surface area (Å²) in [6.45, 7) is 2.99. The highest BCUT2D eigenvalue weighted by atomic mass is 32.1. The summed E-state index contributed by atoms with van der Waals surface area (Å²) in [5, 5.41) is 0.547. The van der Waals surface area contributed by atoms with E-state index in [-0.39, 0.29) is 5.91 Å². The van der Waals surface area contributed by atoms with E-state index < -0.39 is 0 Å². The predicted octanol–water partition coefficient (Wildman–Crippen LogP) is 2.89. The molecule has 0 radical (unpaired) electrons. The number of thiazole rings is 1. The molecular weight excluding hydrogens is 258 g/mol. The molecule has 5 heteroatoms. The van der Waals surface area contributed by atoms with E-state index in [1.165, 1.54) is 17.8 Å². The number of anilines is 1. The van der Waals surface area contributed by atoms with Crippen LogP contribution in [0.2, 0.25) is 0 Å². The lowest BCUT2D eigenvalue weighted by molar-refractivity contribution is 0.0636. The summed E-state index contributed by atoms with van der Waals surface area (Å²) in [5.41, 5.74) is 7.30. The number of rotatable bonds is 1. The van der Waals surface area contributed by atoms with Gasteiger partial charge in [-0.05, 0) is 44.4 Å². The van der Waals surface area contributed by atoms with Crippen LogP contribution in [0.4, 0.5) is 5.13 Å². The van der Waals surface area contributed by atoms with Crippen LogP contribution in [0.3, 0.4) is 0 Å². The normalized spacial score (nSPS) is 19.8. The maximum atomic E-state index is 12.5. The lowest BCUT2D eigenvalue weighted by atomic mass is 10.0. The van der Waals surface area contributed by atoms with Gasteiger partial charge in [-0.15, -0.1) is 0 Å². The molecular formula is C14H17N3OS. The molecule has 1 unspecified atom stereocenters. The number of piperidine rings is 1. The standard InChI is InChI=1S/C14H17N3OS/c1-9-4-2-3-7-17(9)13(18)10-5-6-11-12(8-10)19-14(15)16-11/h5-6,8-9H,2-4,7H2,1H3,(H2,15,16). The van der Waals surface area contributed by atoms with E-state index in [4.69, 9.17) is 5.73 Å². The predicted molar refractivity (Wildman–Crippen MR) is 78.4 cm³/mol. The maximum Gasteiger partial charge on any atom is 0.254 e. The van der Waals surface area contributed by atoms with Crippen molar-refractivity contribution in [1.82, 2.24) is 9.88 Å². The monoisotopic (exact) mass is 275 g/mol. The largest absolute Gasteiger partial charge is 0.375 e. The molecule has 0 bridgehead atoms. The Hall–Kier alpha value is -1.62. The Morgan fingerprint density at radius 2 is 2.32 bits per heavy atom. The Bertz CT molecular complexity index is 622. The minimum absolute atomic E-state index is 0.126. The van der Waals surface area contributed by atoms with E-state index in [1.807, 2.05) is 23.1 Å². The number of nitrogen functional groups attached to an aromatic ring is 1. The number of amides is 1. The van der Waals surface area contributed by atoms with Gasteiger partial charge in [-0.25, -0.2) is 4.98 Å². The van der Waals surface area contributed by atoms with Crippen molar-refractivity contribution in [2.45, 2.75) is 32.2 Å². The molecule has 4 nitrogen and oxygen atoms in total. The highest BCUT2D eigenvalue weighted by Crippen LogP contribution is 2.26. The van der Waals surface area contributed by atoms with Gasteiger partial charge >= 0.3 is 0 Å². The average Bonchev–Trinajstić information content (AvgIpc) is 2.77. The van der Waals surface area contributed by atoms with E-state index in [1.54, 1.807) is 0 Å². The van der Waals surface area contributed by atoms with Gasteiger partial charge in [-0.1, -0.05) is 11.3 Å². The Balaban J connectivity index is 1.92. The Kier molecular flexibility index (Phi) is 3.14. The van der Waals surface area contributed by atoms with Gasteiger partial charge in [0.15, 0.2) is 5.13 Å². The number of carbonyl (C=O) groups excluding carboxylic acids is 1. The number of fused-ring (bicyclic) bond motifs is 1. The summed E-state index contributed by atoms with van der Waals surface area (Å²) in [5.74, 6) is 0.126. The van der Waals surface area contributed by atoms with Crippen molar-refractivity contribution in [3.63, 3.8) is 0 Å². The number of carbonyl (C=O) groups is 1. The SMILES string of the molecule is CC1CCCCN1C(=O)c1ccc2nc(N)sc2c1. The van der Waals surface area contributed by atoms with Gasteiger partial charge in [0.05, 0.1) is 10.2 Å². The second-order valence-corrected chi connectivity index (χ2v) is 6.14. The molecule has 1 saturated heterocycles. The quantitative estimate of drug-likeness (QED) is 0.870. The third-order valence-corrected chi connectivity index (χ3v) is 4.56. The lowest BCUT2D eigenvalue weighted by Gasteiger charge is -2.33. The van der Waals surface area contributed by atoms with Crippen molar-refractivity contribution >= 4 is 32.6 Å². The zero-order valence-electron chi connectivity index (χ0n) is 10.9. The van der Waals surface area contributed by atoms with Crippen molar-refractivity contribution in [3.05, 3.63) is 23.8 Å². The first-order valence-corrected chi connectivity index (χ1v) is 7.44. The van der Waals surface area contributed by atoms with Crippen LogP contribution >= 0.6 is 11.3 Å². The van der Waals surface area contributed by atoms with Gasteiger partial charge in [0.25, 0.3) is 5.91 Å². The molecule has 100 valence electrons. The van der Waals surface area contributed by atoms with Crippen LogP contribution in [0.15, 0.2) is 18.2 Å². The number of hydrogen-bond donors (Lipinski definition) is 1. The van der Waals surface area contributed by atoms with Gasteiger partial charge in [0, 0.05) is 18.2 Å². The van der Waals surface area contributed by atoms with Gasteiger partial charge in [0.1, 0.15) is 0 Å². The number of nitrogens with two attached hydrogens (primary N) is 1. The lowest BCUT2D eigenvalue weighted by Crippen LogP contribution is -2.41. The number of likely N-dealkylation sites (tertiary alicyclic amines) is 1. The smallest absolute Gasteiger partial charge is 0.254 e. The van der Waals surface area contributed by atoms with Crippen molar-refractivity contribution in [1.29, 1.82) is 0 Å². The van der Waals surface area contributed by atoms with Gasteiger partial charge in [-0.3, -0.25) is 4.79 Å². The number of hydrogen-bond acceptors (Lipinski definition) is 4. The highest BCUT2D eigenvalue weighted by Gasteiger charge is 2.24. The van der Waals surface area contributed by atoms with Crippen molar-refractivity contribution in [2.75, 3.05) is 12.3 Å². The Labute approximate surface area is 116 Å². The van der Waals surface area contributed by atoms with E-state index in [2.05, 4.69) is 11.9 Å². The average molecular weight is 275 g/mol. The molecule has 1 aliphatic rings. The van der Waals surface area contributed by atoms with Gasteiger partial charge in [-0.2, -0.15) is 0 Å². The summed E-state index contributed by atoms with van der Waals surface area (Å²) in [4.78, 5) is 18.7. The van der Waals surface area contributed by atoms with E-state index in [0.29, 0.717) is 11.2 Å². The summed E-state index contributed by atoms with van der Waals surface area (Å²) in [6, 6.07) is 5.98. The molecule has 19 heavy (non-hydrogen) atoms. The van der Waals surface area contributed by atoms with Crippen LogP contribution in [0.5, 0.6) is 0 Å². The van der Waals surface area contributed by atoms with E-state index in [0.717, 1.165) is 35.2 Å². The highest BCUT2D eigenvalue weighted by molar-refractivity contribution is 7.22. The molecule has 0 spiro atoms. The minimum Gasteiger partial charge on any atom is -0.375 e. The van der Waals surface area contributed by atoms with Crippen LogP contribution in [0, 0.1) is 0 Å². The summed E-state index contributed by atoms with van der Waals surface area (Å²) in [6.07, 6.45) is 3.42. The molecule has 0 saturated carbocycles. The zero-order valence-corrected chi connectivity index (χ0v) is 11.7. The molecule has 1 atom stereocenters. The third-order valence-electron chi connectivity index (χ3n) is 3.72. The molecule has 1 aromatic carbocycles. The van der Waals surface area contributed by atoms with E-state index >= 15 is 0 Å². The molecule has 3 rings (SSSR count). The van der Waals surface area contributed by atoms with Crippen molar-refractivity contribution in [2.24, 2.45) is 0 Å². The minimum atomic E-state index is 0.126. The molecule has 0 aliphatic carbocycles. The second kappa shape index (κ2) is 4.81.